The van der Waals surface area contributed by atoms with E-state index in [-0.39, 0.29) is 32.9 Å². The first-order valence-corrected chi connectivity index (χ1v) is 11.9. The van der Waals surface area contributed by atoms with E-state index in [0.717, 1.165) is 6.20 Å². The zero-order valence-corrected chi connectivity index (χ0v) is 17.4. The van der Waals surface area contributed by atoms with Gasteiger partial charge in [0.25, 0.3) is 0 Å². The molecule has 0 amide bonds. The SMILES string of the molecule is O=S(=O)(CO)c1cccc(Nc2ncc(F)c(Nc3cccc(S(=O)(=O)CO)c3)n2)c1. The second-order valence-corrected chi connectivity index (χ2v) is 10.1. The number of hydrogen-bond donors (Lipinski definition) is 4. The van der Waals surface area contributed by atoms with Gasteiger partial charge in [-0.05, 0) is 36.4 Å². The second-order valence-electron chi connectivity index (χ2n) is 6.18. The third kappa shape index (κ3) is 5.32. The van der Waals surface area contributed by atoms with Crippen molar-refractivity contribution in [1.82, 2.24) is 9.97 Å². The van der Waals surface area contributed by atoms with Gasteiger partial charge in [-0.25, -0.2) is 26.2 Å². The Labute approximate surface area is 177 Å². The van der Waals surface area contributed by atoms with Gasteiger partial charge in [-0.15, -0.1) is 0 Å². The lowest BCUT2D eigenvalue weighted by Gasteiger charge is -2.11. The van der Waals surface area contributed by atoms with E-state index in [4.69, 9.17) is 10.2 Å². The van der Waals surface area contributed by atoms with Gasteiger partial charge in [0.2, 0.25) is 25.6 Å². The number of anilines is 4. The van der Waals surface area contributed by atoms with Crippen LogP contribution in [0.4, 0.5) is 27.5 Å². The first-order valence-electron chi connectivity index (χ1n) is 8.58. The van der Waals surface area contributed by atoms with Crippen LogP contribution < -0.4 is 10.6 Å². The lowest BCUT2D eigenvalue weighted by molar-refractivity contribution is 0.358. The first-order chi connectivity index (χ1) is 14.6. The zero-order valence-electron chi connectivity index (χ0n) is 15.7. The van der Waals surface area contributed by atoms with Crippen molar-refractivity contribution in [3.8, 4) is 0 Å². The average molecular weight is 468 g/mol. The predicted octanol–water partition coefficient (Wildman–Crippen LogP) is 1.55. The van der Waals surface area contributed by atoms with Crippen LogP contribution in [-0.4, -0.2) is 48.9 Å². The second kappa shape index (κ2) is 8.93. The highest BCUT2D eigenvalue weighted by molar-refractivity contribution is 7.91. The van der Waals surface area contributed by atoms with Crippen LogP contribution in [0.15, 0.2) is 64.5 Å². The largest absolute Gasteiger partial charge is 0.380 e. The van der Waals surface area contributed by atoms with Crippen molar-refractivity contribution in [3.05, 3.63) is 60.5 Å². The Hall–Kier alpha value is -3.13. The molecule has 13 heteroatoms. The summed E-state index contributed by atoms with van der Waals surface area (Å²) in [7, 11) is -7.73. The van der Waals surface area contributed by atoms with Crippen molar-refractivity contribution in [2.75, 3.05) is 22.5 Å². The zero-order chi connectivity index (χ0) is 22.6. The van der Waals surface area contributed by atoms with Gasteiger partial charge in [0.1, 0.15) is 11.9 Å². The van der Waals surface area contributed by atoms with Gasteiger partial charge in [-0.1, -0.05) is 12.1 Å². The number of aliphatic hydroxyl groups excluding tert-OH is 2. The fraction of sp³-hybridized carbons (Fsp3) is 0.111. The first kappa shape index (κ1) is 22.6. The number of benzene rings is 2. The monoisotopic (exact) mass is 468 g/mol. The maximum Gasteiger partial charge on any atom is 0.229 e. The molecule has 0 aliphatic carbocycles. The number of nitrogens with zero attached hydrogens (tertiary/aromatic N) is 2. The molecule has 0 radical (unpaired) electrons. The minimum absolute atomic E-state index is 0.0680. The molecule has 4 N–H and O–H groups in total. The number of nitrogens with one attached hydrogen (secondary N) is 2. The molecule has 164 valence electrons. The molecule has 1 aromatic heterocycles. The van der Waals surface area contributed by atoms with Crippen LogP contribution in [0, 0.1) is 5.82 Å². The highest BCUT2D eigenvalue weighted by atomic mass is 32.2. The molecule has 0 aliphatic heterocycles. The van der Waals surface area contributed by atoms with Crippen molar-refractivity contribution >= 4 is 42.8 Å². The molecule has 0 saturated carbocycles. The van der Waals surface area contributed by atoms with Gasteiger partial charge in [-0.2, -0.15) is 4.98 Å². The Morgan fingerprint density at radius 1 is 0.839 bits per heavy atom. The Morgan fingerprint density at radius 3 is 1.87 bits per heavy atom. The maximum absolute atomic E-state index is 14.2. The molecule has 1 heterocycles. The van der Waals surface area contributed by atoms with Crippen LogP contribution >= 0.6 is 0 Å². The van der Waals surface area contributed by atoms with Crippen LogP contribution in [0.25, 0.3) is 0 Å². The number of rotatable bonds is 8. The van der Waals surface area contributed by atoms with Crippen LogP contribution in [0.2, 0.25) is 0 Å². The van der Waals surface area contributed by atoms with E-state index in [1.54, 1.807) is 0 Å². The number of halogens is 1. The van der Waals surface area contributed by atoms with Gasteiger partial charge in [0.05, 0.1) is 16.0 Å². The Morgan fingerprint density at radius 2 is 1.35 bits per heavy atom. The van der Waals surface area contributed by atoms with E-state index >= 15 is 0 Å². The molecule has 10 nitrogen and oxygen atoms in total. The van der Waals surface area contributed by atoms with Crippen molar-refractivity contribution in [1.29, 1.82) is 0 Å². The van der Waals surface area contributed by atoms with Gasteiger partial charge < -0.3 is 20.8 Å². The summed E-state index contributed by atoms with van der Waals surface area (Å²) in [5, 5.41) is 23.3. The third-order valence-corrected chi connectivity index (χ3v) is 6.61. The Bertz CT molecular complexity index is 1320. The van der Waals surface area contributed by atoms with E-state index in [1.807, 2.05) is 0 Å². The lowest BCUT2D eigenvalue weighted by Crippen LogP contribution is -2.07. The van der Waals surface area contributed by atoms with Gasteiger partial charge in [0.15, 0.2) is 11.6 Å². The number of aliphatic hydroxyl groups is 2. The highest BCUT2D eigenvalue weighted by Gasteiger charge is 2.15. The number of sulfone groups is 2. The number of aromatic nitrogens is 2. The molecule has 0 saturated heterocycles. The fourth-order valence-corrected chi connectivity index (χ4v) is 3.95. The quantitative estimate of drug-likeness (QED) is 0.382. The van der Waals surface area contributed by atoms with E-state index in [0.29, 0.717) is 0 Å². The minimum atomic E-state index is -3.88. The van der Waals surface area contributed by atoms with E-state index in [2.05, 4.69) is 20.6 Å². The molecular weight excluding hydrogens is 451 g/mol. The molecule has 3 aromatic rings. The average Bonchev–Trinajstić information content (AvgIpc) is 2.76. The van der Waals surface area contributed by atoms with Crippen LogP contribution in [0.5, 0.6) is 0 Å². The summed E-state index contributed by atoms with van der Waals surface area (Å²) in [4.78, 5) is 7.49. The summed E-state index contributed by atoms with van der Waals surface area (Å²) in [6.45, 7) is 0. The number of hydrogen-bond acceptors (Lipinski definition) is 10. The van der Waals surface area contributed by atoms with Gasteiger partial charge in [0, 0.05) is 11.4 Å². The maximum atomic E-state index is 14.2. The van der Waals surface area contributed by atoms with Gasteiger partial charge >= 0.3 is 0 Å². The van der Waals surface area contributed by atoms with Crippen molar-refractivity contribution in [3.63, 3.8) is 0 Å². The standard InChI is InChI=1S/C18H17FN4O6S2/c19-16-9-20-18(22-13-4-2-6-15(8-13)31(28,29)11-25)23-17(16)21-12-3-1-5-14(7-12)30(26,27)10-24/h1-9,24-25H,10-11H2,(H2,20,21,22,23). The topological polar surface area (TPSA) is 159 Å². The Balaban J connectivity index is 1.87. The molecule has 0 unspecified atom stereocenters. The summed E-state index contributed by atoms with van der Waals surface area (Å²) in [5.41, 5.74) is 0.484. The van der Waals surface area contributed by atoms with E-state index in [9.17, 15) is 21.2 Å². The summed E-state index contributed by atoms with van der Waals surface area (Å²) in [6.07, 6.45) is 0.875. The van der Waals surface area contributed by atoms with Crippen molar-refractivity contribution < 1.29 is 31.4 Å². The fourth-order valence-electron chi connectivity index (χ4n) is 2.46. The Kier molecular flexibility index (Phi) is 6.50. The lowest BCUT2D eigenvalue weighted by atomic mass is 10.3. The molecule has 0 fully saturated rings. The molecule has 0 bridgehead atoms. The third-order valence-electron chi connectivity index (χ3n) is 3.99. The van der Waals surface area contributed by atoms with Crippen LogP contribution in [0.1, 0.15) is 0 Å². The molecule has 0 spiro atoms. The summed E-state index contributed by atoms with van der Waals surface area (Å²) < 4.78 is 61.4. The molecule has 0 atom stereocenters. The normalized spacial score (nSPS) is 11.8. The van der Waals surface area contributed by atoms with Crippen molar-refractivity contribution in [2.24, 2.45) is 0 Å². The predicted molar refractivity (Wildman–Crippen MR) is 110 cm³/mol. The summed E-state index contributed by atoms with van der Waals surface area (Å²) >= 11 is 0. The van der Waals surface area contributed by atoms with Crippen LogP contribution in [0.3, 0.4) is 0 Å². The van der Waals surface area contributed by atoms with E-state index < -0.39 is 37.4 Å². The summed E-state index contributed by atoms with van der Waals surface area (Å²) in [5.74, 6) is -3.28. The van der Waals surface area contributed by atoms with Crippen molar-refractivity contribution in [2.45, 2.75) is 9.79 Å². The van der Waals surface area contributed by atoms with E-state index in [1.165, 1.54) is 48.5 Å². The molecule has 31 heavy (non-hydrogen) atoms. The molecule has 0 aliphatic rings. The minimum Gasteiger partial charge on any atom is -0.380 e. The smallest absolute Gasteiger partial charge is 0.229 e. The van der Waals surface area contributed by atoms with Gasteiger partial charge in [-0.3, -0.25) is 0 Å². The summed E-state index contributed by atoms with van der Waals surface area (Å²) in [6, 6.07) is 10.9. The molecule has 3 rings (SSSR count). The highest BCUT2D eigenvalue weighted by Crippen LogP contribution is 2.24. The van der Waals surface area contributed by atoms with Crippen LogP contribution in [-0.2, 0) is 19.7 Å². The molecule has 2 aromatic carbocycles. The molecular formula is C18H17FN4O6S2.